The van der Waals surface area contributed by atoms with Crippen molar-refractivity contribution in [1.29, 1.82) is 0 Å². The van der Waals surface area contributed by atoms with E-state index in [1.54, 1.807) is 0 Å². The van der Waals surface area contributed by atoms with E-state index in [2.05, 4.69) is 9.97 Å². The number of thioether (sulfide) groups is 1. The van der Waals surface area contributed by atoms with E-state index in [1.165, 1.54) is 0 Å². The fourth-order valence-corrected chi connectivity index (χ4v) is 1.79. The van der Waals surface area contributed by atoms with E-state index in [1.807, 2.05) is 5.32 Å². The van der Waals surface area contributed by atoms with Crippen LogP contribution < -0.4 is 22.3 Å². The smallest absolute Gasteiger partial charge is 0.318 e. The van der Waals surface area contributed by atoms with Crippen LogP contribution in [0, 0.1) is 0 Å². The predicted molar refractivity (Wildman–Crippen MR) is 62.3 cm³/mol. The maximum absolute atomic E-state index is 11.0. The summed E-state index contributed by atoms with van der Waals surface area (Å²) in [6.45, 7) is 0. The third-order valence-electron chi connectivity index (χ3n) is 1.57. The molecule has 0 spiro atoms. The molecule has 1 aromatic heterocycles. The van der Waals surface area contributed by atoms with Crippen molar-refractivity contribution in [3.05, 3.63) is 16.4 Å². The molecule has 0 aliphatic heterocycles. The van der Waals surface area contributed by atoms with Gasteiger partial charge in [-0.3, -0.25) is 14.9 Å². The molecule has 3 amide bonds. The molecule has 0 atom stereocenters. The highest BCUT2D eigenvalue weighted by Gasteiger charge is 2.05. The number of nitrogen functional groups attached to an aromatic ring is 1. The van der Waals surface area contributed by atoms with Gasteiger partial charge in [-0.05, 0) is 0 Å². The zero-order valence-corrected chi connectivity index (χ0v) is 9.54. The van der Waals surface area contributed by atoms with Crippen molar-refractivity contribution in [2.45, 2.75) is 11.6 Å². The second-order valence-electron chi connectivity index (χ2n) is 2.99. The fraction of sp³-hybridized carbons (Fsp3) is 0.250. The summed E-state index contributed by atoms with van der Waals surface area (Å²) in [5.41, 5.74) is 9.77. The molecule has 6 N–H and O–H groups in total. The summed E-state index contributed by atoms with van der Waals surface area (Å²) in [6, 6.07) is 0.264. The number of urea groups is 1. The zero-order chi connectivity index (χ0) is 12.8. The van der Waals surface area contributed by atoms with Crippen LogP contribution in [0.25, 0.3) is 0 Å². The number of aromatic amines is 1. The minimum Gasteiger partial charge on any atom is -0.383 e. The number of amides is 3. The van der Waals surface area contributed by atoms with Gasteiger partial charge >= 0.3 is 6.03 Å². The Morgan fingerprint density at radius 3 is 2.82 bits per heavy atom. The Kier molecular flexibility index (Phi) is 4.52. The monoisotopic (exact) mass is 257 g/mol. The summed E-state index contributed by atoms with van der Waals surface area (Å²) in [5, 5.41) is 2.24. The molecule has 8 nitrogen and oxygen atoms in total. The maximum atomic E-state index is 11.0. The third kappa shape index (κ3) is 5.02. The average molecular weight is 257 g/mol. The molecule has 0 fully saturated rings. The highest BCUT2D eigenvalue weighted by atomic mass is 32.2. The average Bonchev–Trinajstić information content (AvgIpc) is 2.14. The van der Waals surface area contributed by atoms with Gasteiger partial charge in [-0.15, -0.1) is 0 Å². The van der Waals surface area contributed by atoms with E-state index in [4.69, 9.17) is 11.5 Å². The van der Waals surface area contributed by atoms with Crippen molar-refractivity contribution >= 4 is 29.5 Å². The van der Waals surface area contributed by atoms with Crippen molar-refractivity contribution in [2.24, 2.45) is 5.73 Å². The number of nitrogens with zero attached hydrogens (tertiary/aromatic N) is 1. The lowest BCUT2D eigenvalue weighted by atomic mass is 10.4. The largest absolute Gasteiger partial charge is 0.383 e. The van der Waals surface area contributed by atoms with Crippen LogP contribution in [-0.4, -0.2) is 27.7 Å². The number of H-pyrrole nitrogens is 1. The van der Waals surface area contributed by atoms with Gasteiger partial charge in [0.25, 0.3) is 5.56 Å². The highest BCUT2D eigenvalue weighted by molar-refractivity contribution is 7.99. The molecular formula is C8H11N5O3S. The number of rotatable bonds is 4. The van der Waals surface area contributed by atoms with E-state index in [0.29, 0.717) is 10.9 Å². The summed E-state index contributed by atoms with van der Waals surface area (Å²) >= 11 is 1.14. The van der Waals surface area contributed by atoms with Gasteiger partial charge in [0, 0.05) is 18.2 Å². The van der Waals surface area contributed by atoms with Crippen LogP contribution in [0.1, 0.15) is 6.42 Å². The summed E-state index contributed by atoms with van der Waals surface area (Å²) in [7, 11) is 0. The minimum absolute atomic E-state index is 0.0755. The number of aromatic nitrogens is 2. The van der Waals surface area contributed by atoms with Gasteiger partial charge in [0.2, 0.25) is 5.91 Å². The summed E-state index contributed by atoms with van der Waals surface area (Å²) in [5.74, 6) is -0.0417. The van der Waals surface area contributed by atoms with Crippen molar-refractivity contribution in [3.63, 3.8) is 0 Å². The number of carbonyl (C=O) groups excluding carboxylic acids is 2. The van der Waals surface area contributed by atoms with Gasteiger partial charge in [-0.1, -0.05) is 11.8 Å². The lowest BCUT2D eigenvalue weighted by Gasteiger charge is -2.01. The van der Waals surface area contributed by atoms with E-state index >= 15 is 0 Å². The predicted octanol–water partition coefficient (Wildman–Crippen LogP) is -0.971. The topological polar surface area (TPSA) is 144 Å². The van der Waals surface area contributed by atoms with Crippen LogP contribution in [-0.2, 0) is 4.79 Å². The molecule has 0 aliphatic rings. The molecule has 1 heterocycles. The second-order valence-corrected chi connectivity index (χ2v) is 4.07. The number of primary amides is 1. The highest BCUT2D eigenvalue weighted by Crippen LogP contribution is 2.12. The van der Waals surface area contributed by atoms with Gasteiger partial charge in [0.05, 0.1) is 0 Å². The van der Waals surface area contributed by atoms with Crippen molar-refractivity contribution in [3.8, 4) is 0 Å². The van der Waals surface area contributed by atoms with Gasteiger partial charge in [-0.2, -0.15) is 0 Å². The first-order valence-corrected chi connectivity index (χ1v) is 5.55. The molecule has 0 bridgehead atoms. The minimum atomic E-state index is -0.893. The van der Waals surface area contributed by atoms with E-state index < -0.39 is 11.9 Å². The SMILES string of the molecule is NC(=O)NC(=O)CCSc1nc(N)cc(=O)[nH]1. The normalized spacial score (nSPS) is 9.88. The Balaban J connectivity index is 2.43. The molecule has 0 unspecified atom stereocenters. The quantitative estimate of drug-likeness (QED) is 0.403. The first kappa shape index (κ1) is 13.0. The number of nitrogens with two attached hydrogens (primary N) is 2. The molecule has 0 aliphatic carbocycles. The van der Waals surface area contributed by atoms with Crippen LogP contribution >= 0.6 is 11.8 Å². The third-order valence-corrected chi connectivity index (χ3v) is 2.45. The molecule has 0 radical (unpaired) electrons. The number of carbonyl (C=O) groups is 2. The van der Waals surface area contributed by atoms with Crippen LogP contribution in [0.2, 0.25) is 0 Å². The number of hydrogen-bond donors (Lipinski definition) is 4. The number of hydrogen-bond acceptors (Lipinski definition) is 6. The number of imide groups is 1. The molecule has 17 heavy (non-hydrogen) atoms. The molecular weight excluding hydrogens is 246 g/mol. The molecule has 0 saturated heterocycles. The van der Waals surface area contributed by atoms with E-state index in [9.17, 15) is 14.4 Å². The summed E-state index contributed by atoms with van der Waals surface area (Å²) in [4.78, 5) is 38.7. The van der Waals surface area contributed by atoms with Gasteiger partial charge in [0.15, 0.2) is 5.16 Å². The summed E-state index contributed by atoms with van der Waals surface area (Å²) in [6.07, 6.45) is 0.0755. The van der Waals surface area contributed by atoms with Gasteiger partial charge in [-0.25, -0.2) is 9.78 Å². The lowest BCUT2D eigenvalue weighted by Crippen LogP contribution is -2.35. The first-order valence-electron chi connectivity index (χ1n) is 4.56. The molecule has 92 valence electrons. The van der Waals surface area contributed by atoms with E-state index in [0.717, 1.165) is 17.8 Å². The van der Waals surface area contributed by atoms with Gasteiger partial charge < -0.3 is 16.5 Å². The number of nitrogens with one attached hydrogen (secondary N) is 2. The molecule has 1 rings (SSSR count). The van der Waals surface area contributed by atoms with Crippen LogP contribution in [0.3, 0.4) is 0 Å². The Morgan fingerprint density at radius 2 is 2.24 bits per heavy atom. The van der Waals surface area contributed by atoms with Crippen molar-refractivity contribution in [1.82, 2.24) is 15.3 Å². The van der Waals surface area contributed by atoms with Crippen LogP contribution in [0.15, 0.2) is 16.0 Å². The Morgan fingerprint density at radius 1 is 1.53 bits per heavy atom. The Labute approximate surface area is 100 Å². The number of anilines is 1. The molecule has 0 aromatic carbocycles. The second kappa shape index (κ2) is 5.89. The fourth-order valence-electron chi connectivity index (χ4n) is 0.962. The van der Waals surface area contributed by atoms with Crippen molar-refractivity contribution in [2.75, 3.05) is 11.5 Å². The molecule has 9 heteroatoms. The van der Waals surface area contributed by atoms with Crippen molar-refractivity contribution < 1.29 is 9.59 Å². The van der Waals surface area contributed by atoms with Crippen LogP contribution in [0.5, 0.6) is 0 Å². The van der Waals surface area contributed by atoms with Crippen LogP contribution in [0.4, 0.5) is 10.6 Å². The molecule has 1 aromatic rings. The zero-order valence-electron chi connectivity index (χ0n) is 8.73. The lowest BCUT2D eigenvalue weighted by molar-refractivity contribution is -0.119. The summed E-state index contributed by atoms with van der Waals surface area (Å²) < 4.78 is 0. The maximum Gasteiger partial charge on any atom is 0.318 e. The molecule has 0 saturated carbocycles. The Bertz CT molecular complexity index is 486. The standard InChI is InChI=1S/C8H11N5O3S/c9-4-3-6(15)13-8(11-4)17-2-1-5(14)12-7(10)16/h3H,1-2H2,(H3,9,11,13,15)(H3,10,12,14,16). The Hall–Kier alpha value is -2.03. The first-order chi connectivity index (χ1) is 7.97. The van der Waals surface area contributed by atoms with Gasteiger partial charge in [0.1, 0.15) is 5.82 Å². The van der Waals surface area contributed by atoms with E-state index in [-0.39, 0.29) is 17.8 Å².